The van der Waals surface area contributed by atoms with Gasteiger partial charge in [-0.3, -0.25) is 9.36 Å². The number of benzene rings is 1. The van der Waals surface area contributed by atoms with Crippen molar-refractivity contribution in [2.45, 2.75) is 70.5 Å². The van der Waals surface area contributed by atoms with Crippen molar-refractivity contribution >= 4 is 29.3 Å². The summed E-state index contributed by atoms with van der Waals surface area (Å²) < 4.78 is 3.78. The molecular formula is C27H35ClN6O. The summed E-state index contributed by atoms with van der Waals surface area (Å²) in [6.45, 7) is 2.69. The van der Waals surface area contributed by atoms with Crippen LogP contribution in [0.4, 0.5) is 5.82 Å². The average molecular weight is 495 g/mol. The van der Waals surface area contributed by atoms with Crippen molar-refractivity contribution in [3.05, 3.63) is 58.1 Å². The number of aryl methyl sites for hydroxylation is 1. The monoisotopic (exact) mass is 494 g/mol. The van der Waals surface area contributed by atoms with E-state index >= 15 is 0 Å². The van der Waals surface area contributed by atoms with E-state index in [1.807, 2.05) is 22.8 Å². The largest absolute Gasteiger partial charge is 0.355 e. The number of fused-ring (bicyclic) bond motifs is 1. The zero-order valence-corrected chi connectivity index (χ0v) is 21.1. The van der Waals surface area contributed by atoms with Crippen molar-refractivity contribution in [2.24, 2.45) is 11.7 Å². The molecule has 0 spiro atoms. The number of nitrogens with zero attached hydrogens (tertiary/aromatic N) is 5. The Kier molecular flexibility index (Phi) is 8.15. The number of hydrogen-bond acceptors (Lipinski definition) is 5. The first-order valence-corrected chi connectivity index (χ1v) is 12.7. The molecule has 0 amide bonds. The van der Waals surface area contributed by atoms with E-state index in [1.165, 1.54) is 32.1 Å². The van der Waals surface area contributed by atoms with E-state index in [2.05, 4.69) is 28.1 Å². The van der Waals surface area contributed by atoms with Crippen molar-refractivity contribution in [1.29, 1.82) is 5.26 Å². The molecule has 3 heterocycles. The molecule has 8 heteroatoms. The molecule has 1 aliphatic heterocycles. The molecule has 3 aromatic rings. The molecular weight excluding hydrogens is 460 g/mol. The highest BCUT2D eigenvalue weighted by molar-refractivity contribution is 5.89. The van der Waals surface area contributed by atoms with Crippen LogP contribution < -0.4 is 16.2 Å². The smallest absolute Gasteiger partial charge is 0.277 e. The first-order valence-electron chi connectivity index (χ1n) is 12.7. The van der Waals surface area contributed by atoms with E-state index in [-0.39, 0.29) is 24.0 Å². The highest BCUT2D eigenvalue weighted by atomic mass is 35.5. The lowest BCUT2D eigenvalue weighted by Crippen LogP contribution is -2.44. The Morgan fingerprint density at radius 2 is 1.86 bits per heavy atom. The number of hydrogen-bond donors (Lipinski definition) is 1. The van der Waals surface area contributed by atoms with Crippen LogP contribution in [-0.4, -0.2) is 33.2 Å². The lowest BCUT2D eigenvalue weighted by atomic mass is 9.87. The number of rotatable bonds is 6. The van der Waals surface area contributed by atoms with Crippen LogP contribution in [0.2, 0.25) is 0 Å². The number of nitriles is 1. The summed E-state index contributed by atoms with van der Waals surface area (Å²) in [6.07, 6.45) is 11.0. The van der Waals surface area contributed by atoms with Crippen molar-refractivity contribution < 1.29 is 0 Å². The molecule has 0 unspecified atom stereocenters. The van der Waals surface area contributed by atoms with Gasteiger partial charge in [0.05, 0.1) is 6.33 Å². The molecule has 1 saturated heterocycles. The second kappa shape index (κ2) is 11.3. The van der Waals surface area contributed by atoms with Gasteiger partial charge in [0.2, 0.25) is 0 Å². The summed E-state index contributed by atoms with van der Waals surface area (Å²) >= 11 is 0. The van der Waals surface area contributed by atoms with Gasteiger partial charge in [-0.05, 0) is 30.7 Å². The molecule has 5 rings (SSSR count). The molecule has 1 aromatic carbocycles. The third kappa shape index (κ3) is 5.24. The predicted octanol–water partition coefficient (Wildman–Crippen LogP) is 4.44. The molecule has 2 N–H and O–H groups in total. The Hall–Kier alpha value is -2.82. The van der Waals surface area contributed by atoms with Gasteiger partial charge in [0.1, 0.15) is 28.5 Å². The van der Waals surface area contributed by atoms with E-state index in [1.54, 1.807) is 10.9 Å². The molecule has 7 nitrogen and oxygen atoms in total. The fraction of sp³-hybridized carbons (Fsp3) is 0.519. The summed E-state index contributed by atoms with van der Waals surface area (Å²) in [5.41, 5.74) is 8.85. The highest BCUT2D eigenvalue weighted by Gasteiger charge is 2.28. The van der Waals surface area contributed by atoms with Gasteiger partial charge in [-0.2, -0.15) is 5.26 Å². The average Bonchev–Trinajstić information content (AvgIpc) is 3.18. The number of aromatic nitrogens is 3. The third-order valence-corrected chi connectivity index (χ3v) is 7.56. The molecule has 2 aromatic heterocycles. The van der Waals surface area contributed by atoms with Gasteiger partial charge in [-0.25, -0.2) is 4.98 Å². The van der Waals surface area contributed by atoms with Crippen LogP contribution in [0.1, 0.15) is 62.5 Å². The van der Waals surface area contributed by atoms with Crippen LogP contribution in [0.15, 0.2) is 41.5 Å². The minimum Gasteiger partial charge on any atom is -0.355 e. The van der Waals surface area contributed by atoms with Gasteiger partial charge in [-0.15, -0.1) is 12.4 Å². The summed E-state index contributed by atoms with van der Waals surface area (Å²) in [4.78, 5) is 20.6. The molecule has 2 fully saturated rings. The second-order valence-electron chi connectivity index (χ2n) is 9.96. The molecule has 2 aliphatic rings. The zero-order chi connectivity index (χ0) is 23.5. The fourth-order valence-corrected chi connectivity index (χ4v) is 5.76. The Bertz CT molecular complexity index is 1240. The molecule has 186 valence electrons. The maximum Gasteiger partial charge on any atom is 0.277 e. The summed E-state index contributed by atoms with van der Waals surface area (Å²) in [5, 5.41) is 10.2. The quantitative estimate of drug-likeness (QED) is 0.547. The van der Waals surface area contributed by atoms with Crippen molar-refractivity contribution in [2.75, 3.05) is 18.0 Å². The van der Waals surface area contributed by atoms with Crippen LogP contribution in [0.3, 0.4) is 0 Å². The normalized spacial score (nSPS) is 18.9. The molecule has 0 bridgehead atoms. The van der Waals surface area contributed by atoms with Gasteiger partial charge in [0.25, 0.3) is 5.56 Å². The van der Waals surface area contributed by atoms with Crippen molar-refractivity contribution in [1.82, 2.24) is 14.1 Å². The van der Waals surface area contributed by atoms with E-state index in [0.29, 0.717) is 42.1 Å². The minimum absolute atomic E-state index is 0. The molecule has 1 atom stereocenters. The van der Waals surface area contributed by atoms with Crippen molar-refractivity contribution in [3.63, 3.8) is 0 Å². The zero-order valence-electron chi connectivity index (χ0n) is 20.2. The van der Waals surface area contributed by atoms with Crippen LogP contribution in [0.25, 0.3) is 11.0 Å². The van der Waals surface area contributed by atoms with E-state index < -0.39 is 0 Å². The fourth-order valence-electron chi connectivity index (χ4n) is 5.76. The molecule has 35 heavy (non-hydrogen) atoms. The molecule has 0 radical (unpaired) electrons. The Balaban J connectivity index is 0.00000289. The Morgan fingerprint density at radius 3 is 2.57 bits per heavy atom. The second-order valence-corrected chi connectivity index (χ2v) is 9.96. The summed E-state index contributed by atoms with van der Waals surface area (Å²) in [7, 11) is 0. The predicted molar refractivity (Wildman–Crippen MR) is 142 cm³/mol. The maximum absolute atomic E-state index is 13.8. The minimum atomic E-state index is -0.0548. The van der Waals surface area contributed by atoms with Gasteiger partial charge in [0, 0.05) is 32.2 Å². The van der Waals surface area contributed by atoms with Crippen molar-refractivity contribution in [3.8, 4) is 6.07 Å². The number of nitrogens with two attached hydrogens (primary N) is 1. The number of anilines is 1. The van der Waals surface area contributed by atoms with Crippen LogP contribution in [0.5, 0.6) is 0 Å². The standard InChI is InChI=1S/C27H34N6O.ClH/c28-16-23-24-25(27(34)32(19-30-24)15-13-20-8-3-1-4-9-20)33(17-21-10-5-2-6-11-21)26(23)31-14-7-12-22(29)18-31;/h2,5-6,10-11,19-20,22H,1,3-4,7-9,12-15,17-18,29H2;1H/t22-;/m0./s1. The SMILES string of the molecule is Cl.N#Cc1c(N2CCC[C@H](N)C2)n(Cc2ccccc2)c2c(=O)n(CCC3CCCCC3)cnc12. The number of piperidine rings is 1. The van der Waals surface area contributed by atoms with Gasteiger partial charge in [0.15, 0.2) is 0 Å². The lowest BCUT2D eigenvalue weighted by Gasteiger charge is -2.33. The van der Waals surface area contributed by atoms with Crippen LogP contribution in [-0.2, 0) is 13.1 Å². The van der Waals surface area contributed by atoms with Crippen LogP contribution in [0, 0.1) is 17.2 Å². The topological polar surface area (TPSA) is 92.9 Å². The van der Waals surface area contributed by atoms with Gasteiger partial charge in [-0.1, -0.05) is 62.4 Å². The molecule has 1 aliphatic carbocycles. The summed E-state index contributed by atoms with van der Waals surface area (Å²) in [6, 6.07) is 12.5. The van der Waals surface area contributed by atoms with Gasteiger partial charge >= 0.3 is 0 Å². The Labute approximate surface area is 213 Å². The third-order valence-electron chi connectivity index (χ3n) is 7.56. The van der Waals surface area contributed by atoms with E-state index in [9.17, 15) is 10.1 Å². The first kappa shape index (κ1) is 25.3. The van der Waals surface area contributed by atoms with Gasteiger partial charge < -0.3 is 15.2 Å². The summed E-state index contributed by atoms with van der Waals surface area (Å²) in [5.74, 6) is 1.47. The first-order chi connectivity index (χ1) is 16.7. The molecule has 1 saturated carbocycles. The Morgan fingerprint density at radius 1 is 1.09 bits per heavy atom. The highest BCUT2D eigenvalue weighted by Crippen LogP contribution is 2.32. The van der Waals surface area contributed by atoms with E-state index in [0.717, 1.165) is 37.2 Å². The number of halogens is 1. The van der Waals surface area contributed by atoms with E-state index in [4.69, 9.17) is 5.73 Å². The lowest BCUT2D eigenvalue weighted by molar-refractivity contribution is 0.322. The maximum atomic E-state index is 13.8. The van der Waals surface area contributed by atoms with Crippen LogP contribution >= 0.6 is 12.4 Å².